The van der Waals surface area contributed by atoms with Crippen LogP contribution in [-0.4, -0.2) is 30.2 Å². The molecule has 0 aliphatic rings. The number of carbonyl (C=O) groups is 1. The van der Waals surface area contributed by atoms with Gasteiger partial charge in [-0.2, -0.15) is 0 Å². The van der Waals surface area contributed by atoms with Gasteiger partial charge in [0.05, 0.1) is 19.8 Å². The predicted molar refractivity (Wildman–Crippen MR) is 65.4 cm³/mol. The predicted octanol–water partition coefficient (Wildman–Crippen LogP) is 1.94. The molecule has 92 valence electrons. The smallest absolute Gasteiger partial charge is 0.339 e. The third-order valence-electron chi connectivity index (χ3n) is 2.44. The normalized spacial score (nSPS) is 9.89. The van der Waals surface area contributed by atoms with Crippen LogP contribution < -0.4 is 4.74 Å². The van der Waals surface area contributed by atoms with Gasteiger partial charge in [-0.15, -0.1) is 0 Å². The first-order valence-corrected chi connectivity index (χ1v) is 5.29. The Kier molecular flexibility index (Phi) is 3.52. The van der Waals surface area contributed by atoms with Gasteiger partial charge < -0.3 is 9.47 Å². The van der Waals surface area contributed by atoms with E-state index >= 15 is 0 Å². The Morgan fingerprint density at radius 1 is 1.28 bits per heavy atom. The van der Waals surface area contributed by atoms with E-state index in [0.717, 1.165) is 5.56 Å². The van der Waals surface area contributed by atoms with Crippen molar-refractivity contribution in [3.8, 4) is 17.0 Å². The number of aromatic nitrogens is 2. The molecule has 0 bridgehead atoms. The maximum Gasteiger partial charge on any atom is 0.339 e. The molecule has 0 aliphatic carbocycles. The van der Waals surface area contributed by atoms with Gasteiger partial charge in [0.15, 0.2) is 0 Å². The van der Waals surface area contributed by atoms with Crippen LogP contribution in [-0.2, 0) is 4.74 Å². The molecule has 0 aliphatic heterocycles. The zero-order chi connectivity index (χ0) is 13.0. The Bertz CT molecular complexity index is 555. The van der Waals surface area contributed by atoms with Crippen LogP contribution in [0.2, 0.25) is 0 Å². The van der Waals surface area contributed by atoms with Crippen molar-refractivity contribution in [3.05, 3.63) is 42.4 Å². The van der Waals surface area contributed by atoms with Gasteiger partial charge >= 0.3 is 5.97 Å². The fourth-order valence-electron chi connectivity index (χ4n) is 1.57. The van der Waals surface area contributed by atoms with Gasteiger partial charge in [-0.25, -0.2) is 9.78 Å². The topological polar surface area (TPSA) is 61.3 Å². The number of methoxy groups -OCH3 is 2. The van der Waals surface area contributed by atoms with E-state index in [1.54, 1.807) is 24.5 Å². The van der Waals surface area contributed by atoms with Gasteiger partial charge in [0.25, 0.3) is 0 Å². The molecule has 0 amide bonds. The first-order valence-electron chi connectivity index (χ1n) is 5.29. The molecule has 0 spiro atoms. The Labute approximate surface area is 104 Å². The van der Waals surface area contributed by atoms with Crippen LogP contribution >= 0.6 is 0 Å². The second-order valence-electron chi connectivity index (χ2n) is 3.51. The first kappa shape index (κ1) is 12.0. The number of nitrogens with zero attached hydrogens (tertiary/aromatic N) is 2. The molecular weight excluding hydrogens is 232 g/mol. The molecular formula is C13H12N2O3. The summed E-state index contributed by atoms with van der Waals surface area (Å²) in [5.41, 5.74) is 1.90. The molecule has 5 nitrogen and oxygen atoms in total. The third kappa shape index (κ3) is 2.29. The lowest BCUT2D eigenvalue weighted by Gasteiger charge is -2.08. The summed E-state index contributed by atoms with van der Waals surface area (Å²) >= 11 is 0. The number of ether oxygens (including phenoxy) is 2. The van der Waals surface area contributed by atoms with Gasteiger partial charge in [0, 0.05) is 29.7 Å². The van der Waals surface area contributed by atoms with Crippen LogP contribution in [0.1, 0.15) is 10.4 Å². The Balaban J connectivity index is 2.53. The van der Waals surface area contributed by atoms with Gasteiger partial charge in [0.1, 0.15) is 0 Å². The number of rotatable bonds is 3. The molecule has 0 atom stereocenters. The van der Waals surface area contributed by atoms with Crippen molar-refractivity contribution in [3.63, 3.8) is 0 Å². The zero-order valence-electron chi connectivity index (χ0n) is 10.1. The molecule has 0 radical (unpaired) electrons. The lowest BCUT2D eigenvalue weighted by atomic mass is 10.1. The van der Waals surface area contributed by atoms with Crippen LogP contribution in [0.4, 0.5) is 0 Å². The molecule has 0 aromatic carbocycles. The van der Waals surface area contributed by atoms with E-state index in [4.69, 9.17) is 4.74 Å². The largest absolute Gasteiger partial charge is 0.481 e. The quantitative estimate of drug-likeness (QED) is 0.772. The van der Waals surface area contributed by atoms with E-state index in [9.17, 15) is 4.79 Å². The summed E-state index contributed by atoms with van der Waals surface area (Å²) in [6, 6.07) is 5.35. The fourth-order valence-corrected chi connectivity index (χ4v) is 1.57. The van der Waals surface area contributed by atoms with Crippen LogP contribution in [0.15, 0.2) is 36.8 Å². The molecule has 0 N–H and O–H groups in total. The summed E-state index contributed by atoms with van der Waals surface area (Å²) in [7, 11) is 2.86. The molecule has 0 saturated carbocycles. The van der Waals surface area contributed by atoms with Crippen molar-refractivity contribution in [2.24, 2.45) is 0 Å². The minimum atomic E-state index is -0.435. The summed E-state index contributed by atoms with van der Waals surface area (Å²) in [5, 5.41) is 0. The Morgan fingerprint density at radius 3 is 2.72 bits per heavy atom. The fraction of sp³-hybridized carbons (Fsp3) is 0.154. The third-order valence-corrected chi connectivity index (χ3v) is 2.44. The number of hydrogen-bond acceptors (Lipinski definition) is 5. The highest BCUT2D eigenvalue weighted by Crippen LogP contribution is 2.28. The monoisotopic (exact) mass is 244 g/mol. The maximum atomic E-state index is 11.5. The van der Waals surface area contributed by atoms with Crippen LogP contribution in [0, 0.1) is 0 Å². The van der Waals surface area contributed by atoms with E-state index in [1.165, 1.54) is 20.4 Å². The molecule has 0 fully saturated rings. The second kappa shape index (κ2) is 5.27. The van der Waals surface area contributed by atoms with E-state index in [1.807, 2.05) is 6.07 Å². The number of esters is 1. The number of pyridine rings is 2. The summed E-state index contributed by atoms with van der Waals surface area (Å²) < 4.78 is 9.84. The van der Waals surface area contributed by atoms with Crippen molar-refractivity contribution < 1.29 is 14.3 Å². The molecule has 2 aromatic rings. The van der Waals surface area contributed by atoms with Crippen LogP contribution in [0.5, 0.6) is 5.88 Å². The molecule has 5 heteroatoms. The lowest BCUT2D eigenvalue weighted by Crippen LogP contribution is -2.03. The van der Waals surface area contributed by atoms with Gasteiger partial charge in [-0.05, 0) is 12.1 Å². The highest BCUT2D eigenvalue weighted by molar-refractivity contribution is 5.91. The van der Waals surface area contributed by atoms with Crippen LogP contribution in [0.3, 0.4) is 0 Å². The van der Waals surface area contributed by atoms with Crippen molar-refractivity contribution in [2.75, 3.05) is 14.2 Å². The van der Waals surface area contributed by atoms with Gasteiger partial charge in [-0.3, -0.25) is 4.98 Å². The highest BCUT2D eigenvalue weighted by atomic mass is 16.5. The molecule has 2 heterocycles. The van der Waals surface area contributed by atoms with E-state index < -0.39 is 5.97 Å². The summed E-state index contributed by atoms with van der Waals surface area (Å²) in [4.78, 5) is 19.6. The lowest BCUT2D eigenvalue weighted by molar-refractivity contribution is 0.0600. The summed E-state index contributed by atoms with van der Waals surface area (Å²) in [6.07, 6.45) is 4.78. The maximum absolute atomic E-state index is 11.5. The van der Waals surface area contributed by atoms with Gasteiger partial charge in [-0.1, -0.05) is 6.07 Å². The number of carbonyl (C=O) groups excluding carboxylic acids is 1. The number of hydrogen-bond donors (Lipinski definition) is 0. The standard InChI is InChI=1S/C13H12N2O3/c1-17-12-11(9-4-3-5-14-7-9)6-10(8-15-12)13(16)18-2/h3-8H,1-2H3. The Morgan fingerprint density at radius 2 is 2.11 bits per heavy atom. The first-order chi connectivity index (χ1) is 8.76. The average molecular weight is 244 g/mol. The van der Waals surface area contributed by atoms with E-state index in [-0.39, 0.29) is 0 Å². The molecule has 0 unspecified atom stereocenters. The van der Waals surface area contributed by atoms with Crippen LogP contribution in [0.25, 0.3) is 11.1 Å². The van der Waals surface area contributed by atoms with Crippen molar-refractivity contribution in [1.82, 2.24) is 9.97 Å². The SMILES string of the molecule is COC(=O)c1cnc(OC)c(-c2cccnc2)c1. The van der Waals surface area contributed by atoms with Gasteiger partial charge in [0.2, 0.25) is 5.88 Å². The second-order valence-corrected chi connectivity index (χ2v) is 3.51. The molecule has 2 rings (SSSR count). The zero-order valence-corrected chi connectivity index (χ0v) is 10.1. The molecule has 2 aromatic heterocycles. The van der Waals surface area contributed by atoms with Crippen molar-refractivity contribution in [2.45, 2.75) is 0 Å². The van der Waals surface area contributed by atoms with E-state index in [2.05, 4.69) is 14.7 Å². The van der Waals surface area contributed by atoms with E-state index in [0.29, 0.717) is 17.0 Å². The van der Waals surface area contributed by atoms with Crippen molar-refractivity contribution in [1.29, 1.82) is 0 Å². The minimum absolute atomic E-state index is 0.372. The average Bonchev–Trinajstić information content (AvgIpc) is 2.46. The summed E-state index contributed by atoms with van der Waals surface area (Å²) in [5.74, 6) is 0.00551. The van der Waals surface area contributed by atoms with Crippen molar-refractivity contribution >= 4 is 5.97 Å². The molecule has 18 heavy (non-hydrogen) atoms. The molecule has 0 saturated heterocycles. The highest BCUT2D eigenvalue weighted by Gasteiger charge is 2.13. The minimum Gasteiger partial charge on any atom is -0.481 e. The Hall–Kier alpha value is -2.43. The summed E-state index contributed by atoms with van der Waals surface area (Å²) in [6.45, 7) is 0.